The Morgan fingerprint density at radius 1 is 1.18 bits per heavy atom. The van der Waals surface area contributed by atoms with Gasteiger partial charge in [0.2, 0.25) is 0 Å². The van der Waals surface area contributed by atoms with Crippen LogP contribution in [0.1, 0.15) is 0 Å². The molecule has 2 rings (SSSR count). The average Bonchev–Trinajstić information content (AvgIpc) is 2.36. The first kappa shape index (κ1) is 7.88. The third-order valence-corrected chi connectivity index (χ3v) is 1.23. The number of hydrogen-bond donors (Lipinski definition) is 2. The quantitative estimate of drug-likeness (QED) is 0.533. The summed E-state index contributed by atoms with van der Waals surface area (Å²) in [5.74, 6) is 0. The molecule has 2 heterocycles. The number of fused-ring (bicyclic) bond motifs is 1. The Labute approximate surface area is 64.9 Å². The standard InChI is InChI=1S/C5H4N4O.H3P/c10-5-3-4(7-1-6-3)8-2-9-5;/h1-2H,(H2,6,7,8,9,10);1H3. The highest BCUT2D eigenvalue weighted by Gasteiger charge is 1.97. The summed E-state index contributed by atoms with van der Waals surface area (Å²) in [4.78, 5) is 23.6. The number of nitrogens with zero attached hydrogens (tertiary/aromatic N) is 2. The van der Waals surface area contributed by atoms with Crippen molar-refractivity contribution in [3.63, 3.8) is 0 Å². The molecule has 5 nitrogen and oxygen atoms in total. The predicted octanol–water partition coefficient (Wildman–Crippen LogP) is -0.296. The van der Waals surface area contributed by atoms with E-state index in [9.17, 15) is 4.79 Å². The van der Waals surface area contributed by atoms with Crippen LogP contribution in [0.3, 0.4) is 0 Å². The minimum atomic E-state index is -0.192. The van der Waals surface area contributed by atoms with Gasteiger partial charge in [0, 0.05) is 0 Å². The van der Waals surface area contributed by atoms with Gasteiger partial charge >= 0.3 is 0 Å². The number of aromatic amines is 2. The van der Waals surface area contributed by atoms with Gasteiger partial charge < -0.3 is 9.97 Å². The van der Waals surface area contributed by atoms with E-state index in [1.54, 1.807) is 0 Å². The van der Waals surface area contributed by atoms with Crippen LogP contribution in [0.4, 0.5) is 0 Å². The van der Waals surface area contributed by atoms with Crippen molar-refractivity contribution < 1.29 is 0 Å². The monoisotopic (exact) mass is 170 g/mol. The zero-order valence-corrected chi connectivity index (χ0v) is 7.08. The van der Waals surface area contributed by atoms with Crippen LogP contribution in [-0.2, 0) is 0 Å². The third kappa shape index (κ3) is 1.14. The molecule has 6 heteroatoms. The maximum Gasteiger partial charge on any atom is 0.276 e. The lowest BCUT2D eigenvalue weighted by atomic mass is 10.6. The fraction of sp³-hybridized carbons (Fsp3) is 0. The third-order valence-electron chi connectivity index (χ3n) is 1.23. The van der Waals surface area contributed by atoms with Crippen LogP contribution in [0.15, 0.2) is 17.4 Å². The van der Waals surface area contributed by atoms with E-state index >= 15 is 0 Å². The van der Waals surface area contributed by atoms with Crippen LogP contribution in [0, 0.1) is 0 Å². The normalized spacial score (nSPS) is 9.45. The van der Waals surface area contributed by atoms with E-state index in [2.05, 4.69) is 19.9 Å². The van der Waals surface area contributed by atoms with Crippen LogP contribution in [0.5, 0.6) is 0 Å². The first-order chi connectivity index (χ1) is 4.88. The van der Waals surface area contributed by atoms with Gasteiger partial charge in [-0.2, -0.15) is 9.90 Å². The highest BCUT2D eigenvalue weighted by atomic mass is 31.0. The predicted molar refractivity (Wildman–Crippen MR) is 45.6 cm³/mol. The van der Waals surface area contributed by atoms with E-state index < -0.39 is 0 Å². The molecule has 1 atom stereocenters. The van der Waals surface area contributed by atoms with Crippen LogP contribution in [-0.4, -0.2) is 19.9 Å². The van der Waals surface area contributed by atoms with Gasteiger partial charge in [0.05, 0.1) is 12.7 Å². The Hall–Kier alpha value is -1.22. The summed E-state index contributed by atoms with van der Waals surface area (Å²) in [6.45, 7) is 0. The second-order valence-corrected chi connectivity index (χ2v) is 1.83. The van der Waals surface area contributed by atoms with Crippen molar-refractivity contribution >= 4 is 21.1 Å². The van der Waals surface area contributed by atoms with Gasteiger partial charge in [-0.25, -0.2) is 9.97 Å². The minimum Gasteiger partial charge on any atom is -0.339 e. The second-order valence-electron chi connectivity index (χ2n) is 1.83. The number of rotatable bonds is 0. The van der Waals surface area contributed by atoms with Crippen LogP contribution >= 0.6 is 9.90 Å². The lowest BCUT2D eigenvalue weighted by Crippen LogP contribution is -2.05. The first-order valence-electron chi connectivity index (χ1n) is 2.75. The fourth-order valence-corrected chi connectivity index (χ4v) is 0.776. The number of aromatic nitrogens is 4. The Balaban J connectivity index is 0.000000605. The van der Waals surface area contributed by atoms with Crippen LogP contribution in [0.2, 0.25) is 0 Å². The van der Waals surface area contributed by atoms with Gasteiger partial charge in [0.1, 0.15) is 0 Å². The van der Waals surface area contributed by atoms with Gasteiger partial charge in [-0.1, -0.05) is 0 Å². The zero-order valence-electron chi connectivity index (χ0n) is 5.66. The van der Waals surface area contributed by atoms with Crippen molar-refractivity contribution in [3.8, 4) is 0 Å². The highest BCUT2D eigenvalue weighted by molar-refractivity contribution is 6.92. The summed E-state index contributed by atoms with van der Waals surface area (Å²) in [6.07, 6.45) is 2.76. The van der Waals surface area contributed by atoms with Crippen LogP contribution < -0.4 is 5.56 Å². The lowest BCUT2D eigenvalue weighted by Gasteiger charge is -1.81. The SMILES string of the molecule is O=c1[nH]cnc2nc[nH]c12.P. The molecule has 2 aromatic rings. The largest absolute Gasteiger partial charge is 0.339 e. The molecule has 0 amide bonds. The molecule has 0 radical (unpaired) electrons. The molecule has 0 aliphatic rings. The highest BCUT2D eigenvalue weighted by Crippen LogP contribution is 1.94. The molecule has 2 N–H and O–H groups in total. The Morgan fingerprint density at radius 2 is 1.82 bits per heavy atom. The van der Waals surface area contributed by atoms with E-state index in [1.165, 1.54) is 12.7 Å². The molecule has 0 aliphatic carbocycles. The Kier molecular flexibility index (Phi) is 2.01. The van der Waals surface area contributed by atoms with Crippen molar-refractivity contribution in [3.05, 3.63) is 23.0 Å². The summed E-state index contributed by atoms with van der Waals surface area (Å²) >= 11 is 0. The van der Waals surface area contributed by atoms with Crippen LogP contribution in [0.25, 0.3) is 11.2 Å². The van der Waals surface area contributed by atoms with Gasteiger partial charge in [-0.3, -0.25) is 4.79 Å². The Bertz CT molecular complexity index is 406. The number of nitrogens with one attached hydrogen (secondary N) is 2. The zero-order chi connectivity index (χ0) is 6.97. The Morgan fingerprint density at radius 3 is 2.45 bits per heavy atom. The molecule has 0 saturated carbocycles. The van der Waals surface area contributed by atoms with Gasteiger partial charge in [-0.05, 0) is 0 Å². The lowest BCUT2D eigenvalue weighted by molar-refractivity contribution is 1.15. The molecule has 11 heavy (non-hydrogen) atoms. The van der Waals surface area contributed by atoms with Gasteiger partial charge in [0.25, 0.3) is 5.56 Å². The second kappa shape index (κ2) is 2.80. The topological polar surface area (TPSA) is 74.4 Å². The number of hydrogen-bond acceptors (Lipinski definition) is 3. The summed E-state index contributed by atoms with van der Waals surface area (Å²) in [5.41, 5.74) is 0.675. The summed E-state index contributed by atoms with van der Waals surface area (Å²) in [5, 5.41) is 0. The average molecular weight is 170 g/mol. The molecule has 0 spiro atoms. The van der Waals surface area contributed by atoms with Gasteiger partial charge in [-0.15, -0.1) is 0 Å². The van der Waals surface area contributed by atoms with Gasteiger partial charge in [0.15, 0.2) is 11.2 Å². The molecule has 0 bridgehead atoms. The van der Waals surface area contributed by atoms with E-state index in [0.717, 1.165) is 0 Å². The van der Waals surface area contributed by atoms with Crippen molar-refractivity contribution in [2.75, 3.05) is 0 Å². The van der Waals surface area contributed by atoms with E-state index in [0.29, 0.717) is 11.2 Å². The van der Waals surface area contributed by atoms with Crippen molar-refractivity contribution in [2.45, 2.75) is 0 Å². The first-order valence-corrected chi connectivity index (χ1v) is 2.75. The molecule has 58 valence electrons. The molecule has 0 saturated heterocycles. The van der Waals surface area contributed by atoms with E-state index in [-0.39, 0.29) is 15.5 Å². The molecular formula is C5H7N4OP. The summed E-state index contributed by atoms with van der Waals surface area (Å²) in [7, 11) is 0. The van der Waals surface area contributed by atoms with Crippen molar-refractivity contribution in [1.82, 2.24) is 19.9 Å². The van der Waals surface area contributed by atoms with E-state index in [1.807, 2.05) is 0 Å². The van der Waals surface area contributed by atoms with E-state index in [4.69, 9.17) is 0 Å². The van der Waals surface area contributed by atoms with Crippen molar-refractivity contribution in [2.24, 2.45) is 0 Å². The molecule has 1 unspecified atom stereocenters. The molecular weight excluding hydrogens is 163 g/mol. The summed E-state index contributed by atoms with van der Waals surface area (Å²) < 4.78 is 0. The maximum atomic E-state index is 10.9. The number of H-pyrrole nitrogens is 2. The van der Waals surface area contributed by atoms with Crippen molar-refractivity contribution in [1.29, 1.82) is 0 Å². The molecule has 0 fully saturated rings. The molecule has 0 aliphatic heterocycles. The minimum absolute atomic E-state index is 0. The maximum absolute atomic E-state index is 10.9. The summed E-state index contributed by atoms with van der Waals surface area (Å²) in [6, 6.07) is 0. The molecule has 2 aromatic heterocycles. The fourth-order valence-electron chi connectivity index (χ4n) is 0.776. The number of imidazole rings is 1. The molecule has 0 aromatic carbocycles. The smallest absolute Gasteiger partial charge is 0.276 e.